The van der Waals surface area contributed by atoms with Crippen molar-refractivity contribution in [3.8, 4) is 0 Å². The molecule has 7 nitrogen and oxygen atoms in total. The third-order valence-electron chi connectivity index (χ3n) is 6.36. The number of urea groups is 1. The van der Waals surface area contributed by atoms with Crippen LogP contribution in [0.3, 0.4) is 0 Å². The van der Waals surface area contributed by atoms with E-state index in [0.29, 0.717) is 47.5 Å². The second kappa shape index (κ2) is 12.7. The van der Waals surface area contributed by atoms with Crippen LogP contribution in [-0.4, -0.2) is 53.0 Å². The van der Waals surface area contributed by atoms with Gasteiger partial charge in [0.05, 0.1) is 24.8 Å². The van der Waals surface area contributed by atoms with Gasteiger partial charge in [-0.1, -0.05) is 43.3 Å². The topological polar surface area (TPSA) is 115 Å². The van der Waals surface area contributed by atoms with E-state index in [0.717, 1.165) is 22.4 Å². The van der Waals surface area contributed by atoms with Crippen molar-refractivity contribution in [2.45, 2.75) is 58.2 Å². The lowest BCUT2D eigenvalue weighted by atomic mass is 9.89. The van der Waals surface area contributed by atoms with Crippen molar-refractivity contribution >= 4 is 23.3 Å². The van der Waals surface area contributed by atoms with Gasteiger partial charge >= 0.3 is 12.2 Å². The molecule has 1 aliphatic rings. The first-order valence-corrected chi connectivity index (χ1v) is 12.6. The number of amides is 2. The fourth-order valence-corrected chi connectivity index (χ4v) is 4.20. The van der Waals surface area contributed by atoms with Gasteiger partial charge in [-0.25, -0.2) is 4.79 Å². The molecule has 2 amide bonds. The molecule has 5 N–H and O–H groups in total. The number of benzene rings is 2. The van der Waals surface area contributed by atoms with Gasteiger partial charge in [-0.3, -0.25) is 15.3 Å². The Labute approximate surface area is 220 Å². The van der Waals surface area contributed by atoms with Crippen molar-refractivity contribution in [3.63, 3.8) is 0 Å². The number of aliphatic hydroxyl groups excluding tert-OH is 1. The zero-order chi connectivity index (χ0) is 27.9. The molecule has 3 rings (SSSR count). The monoisotopic (exact) mass is 529 g/mol. The fraction of sp³-hybridized carbons (Fsp3) is 0.393. The number of halogens is 3. The SMILES string of the molecule is CCc1ccc(C(=N)N(CCC(F)(F)F)C(=O)NC/C(N)=C2\CCC(O)CC2=Nc2cccc(C)c2)cc1. The number of nitrogens with zero attached hydrogens (tertiary/aromatic N) is 2. The van der Waals surface area contributed by atoms with Gasteiger partial charge in [-0.05, 0) is 55.0 Å². The lowest BCUT2D eigenvalue weighted by Gasteiger charge is -2.26. The van der Waals surface area contributed by atoms with E-state index in [-0.39, 0.29) is 12.4 Å². The van der Waals surface area contributed by atoms with Crippen LogP contribution in [0.25, 0.3) is 0 Å². The number of aryl methyl sites for hydroxylation is 2. The summed E-state index contributed by atoms with van der Waals surface area (Å²) in [6.45, 7) is 3.07. The molecular formula is C28H34F3N5O2. The molecule has 1 aliphatic carbocycles. The molecule has 0 bridgehead atoms. The van der Waals surface area contributed by atoms with Gasteiger partial charge in [0.2, 0.25) is 0 Å². The van der Waals surface area contributed by atoms with E-state index in [1.54, 1.807) is 24.3 Å². The van der Waals surface area contributed by atoms with Crippen LogP contribution in [0.2, 0.25) is 0 Å². The number of carbonyl (C=O) groups is 1. The highest BCUT2D eigenvalue weighted by Gasteiger charge is 2.31. The third kappa shape index (κ3) is 8.17. The highest BCUT2D eigenvalue weighted by Crippen LogP contribution is 2.26. The van der Waals surface area contributed by atoms with Crippen LogP contribution in [0.1, 0.15) is 49.3 Å². The summed E-state index contributed by atoms with van der Waals surface area (Å²) < 4.78 is 39.0. The highest BCUT2D eigenvalue weighted by molar-refractivity contribution is 6.06. The fourth-order valence-electron chi connectivity index (χ4n) is 4.20. The number of nitrogens with two attached hydrogens (primary N) is 1. The largest absolute Gasteiger partial charge is 0.400 e. The van der Waals surface area contributed by atoms with E-state index < -0.39 is 31.3 Å². The quantitative estimate of drug-likeness (QED) is 0.285. The average Bonchev–Trinajstić information content (AvgIpc) is 2.86. The zero-order valence-corrected chi connectivity index (χ0v) is 21.6. The Balaban J connectivity index is 1.80. The highest BCUT2D eigenvalue weighted by atomic mass is 19.4. The van der Waals surface area contributed by atoms with Crippen molar-refractivity contribution in [3.05, 3.63) is 76.5 Å². The average molecular weight is 530 g/mol. The molecule has 204 valence electrons. The van der Waals surface area contributed by atoms with Crippen LogP contribution >= 0.6 is 0 Å². The molecule has 2 aromatic rings. The number of allylic oxidation sites excluding steroid dienone is 1. The second-order valence-corrected chi connectivity index (χ2v) is 9.37. The molecule has 0 heterocycles. The van der Waals surface area contributed by atoms with Crippen LogP contribution in [-0.2, 0) is 6.42 Å². The summed E-state index contributed by atoms with van der Waals surface area (Å²) in [5.74, 6) is -0.330. The molecule has 2 aromatic carbocycles. The van der Waals surface area contributed by atoms with E-state index in [2.05, 4.69) is 10.3 Å². The lowest BCUT2D eigenvalue weighted by molar-refractivity contribution is -0.135. The summed E-state index contributed by atoms with van der Waals surface area (Å²) in [5, 5.41) is 21.2. The predicted molar refractivity (Wildman–Crippen MR) is 143 cm³/mol. The van der Waals surface area contributed by atoms with Crippen LogP contribution < -0.4 is 11.1 Å². The van der Waals surface area contributed by atoms with Crippen molar-refractivity contribution in [2.75, 3.05) is 13.1 Å². The van der Waals surface area contributed by atoms with E-state index in [1.807, 2.05) is 38.1 Å². The first kappa shape index (κ1) is 28.9. The van der Waals surface area contributed by atoms with Gasteiger partial charge in [-0.15, -0.1) is 0 Å². The lowest BCUT2D eigenvalue weighted by Crippen LogP contribution is -2.46. The smallest absolute Gasteiger partial charge is 0.390 e. The summed E-state index contributed by atoms with van der Waals surface area (Å²) in [6, 6.07) is 13.5. The summed E-state index contributed by atoms with van der Waals surface area (Å²) in [5.41, 5.74) is 11.0. The number of aliphatic hydroxyl groups is 1. The zero-order valence-electron chi connectivity index (χ0n) is 21.6. The van der Waals surface area contributed by atoms with E-state index in [9.17, 15) is 23.1 Å². The molecule has 0 radical (unpaired) electrons. The Morgan fingerprint density at radius 3 is 2.58 bits per heavy atom. The summed E-state index contributed by atoms with van der Waals surface area (Å²) in [7, 11) is 0. The molecule has 1 unspecified atom stereocenters. The normalized spacial score (nSPS) is 18.3. The maximum atomic E-state index is 13.0. The standard InChI is InChI=1S/C28H34F3N5O2/c1-3-19-7-9-20(10-8-19)26(33)36(14-13-28(29,30)31)27(38)34-17-24(32)23-12-11-22(37)16-25(23)35-21-6-4-5-18(2)15-21/h4-10,15,22,33,37H,3,11-14,16-17,32H2,1-2H3,(H,34,38)/b24-23-,33-26?,35-25?. The van der Waals surface area contributed by atoms with Gasteiger partial charge in [0, 0.05) is 29.9 Å². The van der Waals surface area contributed by atoms with Crippen molar-refractivity contribution in [2.24, 2.45) is 10.7 Å². The summed E-state index contributed by atoms with van der Waals surface area (Å²) in [6.07, 6.45) is -4.31. The predicted octanol–water partition coefficient (Wildman–Crippen LogP) is 5.38. The molecule has 0 spiro atoms. The Kier molecular flexibility index (Phi) is 9.68. The Morgan fingerprint density at radius 1 is 1.24 bits per heavy atom. The number of hydrogen-bond donors (Lipinski definition) is 4. The number of amidine groups is 1. The van der Waals surface area contributed by atoms with Crippen molar-refractivity contribution < 1.29 is 23.1 Å². The minimum Gasteiger partial charge on any atom is -0.400 e. The van der Waals surface area contributed by atoms with Gasteiger partial charge in [0.1, 0.15) is 5.84 Å². The first-order chi connectivity index (χ1) is 18.0. The Hall–Kier alpha value is -3.66. The van der Waals surface area contributed by atoms with Crippen LogP contribution in [0.5, 0.6) is 0 Å². The molecular weight excluding hydrogens is 495 g/mol. The van der Waals surface area contributed by atoms with Gasteiger partial charge in [-0.2, -0.15) is 13.2 Å². The molecule has 1 saturated carbocycles. The number of hydrogen-bond acceptors (Lipinski definition) is 5. The van der Waals surface area contributed by atoms with E-state index in [1.165, 1.54) is 0 Å². The maximum Gasteiger partial charge on any atom is 0.390 e. The number of carbonyl (C=O) groups excluding carboxylic acids is 1. The van der Waals surface area contributed by atoms with E-state index >= 15 is 0 Å². The molecule has 0 saturated heterocycles. The number of rotatable bonds is 7. The minimum absolute atomic E-state index is 0.137. The molecule has 1 fully saturated rings. The van der Waals surface area contributed by atoms with Gasteiger partial charge in [0.25, 0.3) is 0 Å². The van der Waals surface area contributed by atoms with Gasteiger partial charge in [0.15, 0.2) is 0 Å². The van der Waals surface area contributed by atoms with Crippen molar-refractivity contribution in [1.29, 1.82) is 5.41 Å². The van der Waals surface area contributed by atoms with Crippen molar-refractivity contribution in [1.82, 2.24) is 10.2 Å². The number of nitrogens with one attached hydrogen (secondary N) is 2. The molecule has 0 aliphatic heterocycles. The Bertz CT molecular complexity index is 1210. The Morgan fingerprint density at radius 2 is 1.95 bits per heavy atom. The van der Waals surface area contributed by atoms with Gasteiger partial charge < -0.3 is 16.2 Å². The van der Waals surface area contributed by atoms with Crippen LogP contribution in [0.4, 0.5) is 23.7 Å². The van der Waals surface area contributed by atoms with Crippen LogP contribution in [0.15, 0.2) is 64.8 Å². The summed E-state index contributed by atoms with van der Waals surface area (Å²) >= 11 is 0. The number of alkyl halides is 3. The molecule has 0 aromatic heterocycles. The third-order valence-corrected chi connectivity index (χ3v) is 6.36. The second-order valence-electron chi connectivity index (χ2n) is 9.37. The molecule has 10 heteroatoms. The number of aliphatic imine (C=N–C) groups is 1. The minimum atomic E-state index is -4.49. The summed E-state index contributed by atoms with van der Waals surface area (Å²) in [4.78, 5) is 18.5. The maximum absolute atomic E-state index is 13.0. The van der Waals surface area contributed by atoms with Crippen LogP contribution in [0, 0.1) is 12.3 Å². The first-order valence-electron chi connectivity index (χ1n) is 12.6. The van der Waals surface area contributed by atoms with E-state index in [4.69, 9.17) is 11.1 Å². The molecule has 38 heavy (non-hydrogen) atoms. The molecule has 1 atom stereocenters.